The van der Waals surface area contributed by atoms with Crippen molar-refractivity contribution in [3.63, 3.8) is 0 Å². The Morgan fingerprint density at radius 1 is 0.500 bits per heavy atom. The molecule has 0 atom stereocenters. The van der Waals surface area contributed by atoms with Crippen LogP contribution in [0.4, 0.5) is 0 Å². The summed E-state index contributed by atoms with van der Waals surface area (Å²) in [7, 11) is 0. The second-order valence-corrected chi connectivity index (χ2v) is 9.56. The molecule has 0 spiro atoms. The summed E-state index contributed by atoms with van der Waals surface area (Å²) in [6, 6.07) is 40.4. The van der Waals surface area contributed by atoms with Gasteiger partial charge in [-0.1, -0.05) is 84.9 Å². The lowest BCUT2D eigenvalue weighted by Gasteiger charge is -2.11. The van der Waals surface area contributed by atoms with Crippen LogP contribution in [0.15, 0.2) is 134 Å². The van der Waals surface area contributed by atoms with Gasteiger partial charge in [-0.05, 0) is 35.7 Å². The highest BCUT2D eigenvalue weighted by Crippen LogP contribution is 2.40. The molecule has 0 saturated heterocycles. The smallest absolute Gasteiger partial charge is 0.159 e. The van der Waals surface area contributed by atoms with Crippen LogP contribution in [0.3, 0.4) is 0 Å². The molecule has 0 N–H and O–H groups in total. The van der Waals surface area contributed by atoms with Crippen molar-refractivity contribution in [2.45, 2.75) is 0 Å². The molecule has 0 unspecified atom stereocenters. The van der Waals surface area contributed by atoms with Gasteiger partial charge in [0.25, 0.3) is 0 Å². The minimum atomic E-state index is 0.724. The Kier molecular flexibility index (Phi) is 4.49. The molecule has 178 valence electrons. The van der Waals surface area contributed by atoms with Gasteiger partial charge in [0.05, 0.1) is 34.6 Å². The Morgan fingerprint density at radius 2 is 1.21 bits per heavy atom. The molecule has 0 amide bonds. The van der Waals surface area contributed by atoms with Crippen LogP contribution < -0.4 is 0 Å². The molecule has 0 saturated carbocycles. The fraction of sp³-hybridized carbons (Fsp3) is 0. The van der Waals surface area contributed by atoms with Crippen LogP contribution >= 0.6 is 0 Å². The summed E-state index contributed by atoms with van der Waals surface area (Å²) in [6.45, 7) is 0. The van der Waals surface area contributed by atoms with Gasteiger partial charge in [0.2, 0.25) is 0 Å². The molecule has 0 aliphatic heterocycles. The average molecular weight is 487 g/mol. The second kappa shape index (κ2) is 8.15. The number of nitrogens with zero attached hydrogens (tertiary/aromatic N) is 4. The summed E-state index contributed by atoms with van der Waals surface area (Å²) >= 11 is 0. The largest absolute Gasteiger partial charge is 0.317 e. The minimum Gasteiger partial charge on any atom is -0.317 e. The Morgan fingerprint density at radius 3 is 2.03 bits per heavy atom. The average Bonchev–Trinajstić information content (AvgIpc) is 3.58. The van der Waals surface area contributed by atoms with Gasteiger partial charge in [-0.2, -0.15) is 0 Å². The van der Waals surface area contributed by atoms with Gasteiger partial charge < -0.3 is 9.13 Å². The third kappa shape index (κ3) is 3.04. The molecule has 0 aliphatic carbocycles. The summed E-state index contributed by atoms with van der Waals surface area (Å²) in [6.07, 6.45) is 6.05. The number of hydrogen-bond donors (Lipinski definition) is 0. The lowest BCUT2D eigenvalue weighted by Crippen LogP contribution is -1.98. The summed E-state index contributed by atoms with van der Waals surface area (Å²) in [5.41, 5.74) is 6.61. The maximum atomic E-state index is 4.77. The van der Waals surface area contributed by atoms with Crippen LogP contribution in [0, 0.1) is 0 Å². The van der Waals surface area contributed by atoms with Crippen molar-refractivity contribution < 1.29 is 0 Å². The Balaban J connectivity index is 1.46. The molecule has 3 heterocycles. The molecule has 0 fully saturated rings. The zero-order valence-corrected chi connectivity index (χ0v) is 20.5. The molecular formula is C34H22N4. The molecule has 5 aromatic carbocycles. The van der Waals surface area contributed by atoms with Crippen molar-refractivity contribution in [2.24, 2.45) is 0 Å². The third-order valence-corrected chi connectivity index (χ3v) is 7.45. The lowest BCUT2D eigenvalue weighted by atomic mass is 10.0. The number of aromatic nitrogens is 4. The lowest BCUT2D eigenvalue weighted by molar-refractivity contribution is 1.08. The summed E-state index contributed by atoms with van der Waals surface area (Å²) in [5.74, 6) is 0.724. The van der Waals surface area contributed by atoms with Gasteiger partial charge in [0, 0.05) is 39.0 Å². The first kappa shape index (κ1) is 20.9. The molecule has 4 heteroatoms. The van der Waals surface area contributed by atoms with Gasteiger partial charge in [-0.3, -0.25) is 0 Å². The molecule has 0 radical (unpaired) electrons. The highest BCUT2D eigenvalue weighted by molar-refractivity contribution is 6.25. The predicted molar refractivity (Wildman–Crippen MR) is 156 cm³/mol. The van der Waals surface area contributed by atoms with Crippen LogP contribution in [-0.4, -0.2) is 19.1 Å². The molecule has 0 aliphatic rings. The highest BCUT2D eigenvalue weighted by atomic mass is 15.0. The molecular weight excluding hydrogens is 464 g/mol. The van der Waals surface area contributed by atoms with E-state index in [1.165, 1.54) is 38.0 Å². The van der Waals surface area contributed by atoms with Crippen LogP contribution in [0.2, 0.25) is 0 Å². The zero-order chi connectivity index (χ0) is 25.1. The van der Waals surface area contributed by atoms with Crippen LogP contribution in [0.5, 0.6) is 0 Å². The van der Waals surface area contributed by atoms with Crippen LogP contribution in [0.1, 0.15) is 0 Å². The maximum absolute atomic E-state index is 4.77. The SMILES string of the molecule is c1ccc(-c2ncc(-n3c4ccccc4c4ccc5ccc6c(ccn6-c6ccccc6)c5c43)cn2)cc1. The van der Waals surface area contributed by atoms with E-state index in [-0.39, 0.29) is 0 Å². The van der Waals surface area contributed by atoms with Crippen molar-refractivity contribution >= 4 is 43.5 Å². The van der Waals surface area contributed by atoms with Crippen molar-refractivity contribution in [1.29, 1.82) is 0 Å². The monoisotopic (exact) mass is 486 g/mol. The first-order chi connectivity index (χ1) is 18.9. The van der Waals surface area contributed by atoms with E-state index in [1.54, 1.807) is 0 Å². The van der Waals surface area contributed by atoms with E-state index < -0.39 is 0 Å². The van der Waals surface area contributed by atoms with Gasteiger partial charge >= 0.3 is 0 Å². The van der Waals surface area contributed by atoms with E-state index in [0.29, 0.717) is 0 Å². The van der Waals surface area contributed by atoms with E-state index in [9.17, 15) is 0 Å². The van der Waals surface area contributed by atoms with Gasteiger partial charge in [-0.15, -0.1) is 0 Å². The number of hydrogen-bond acceptors (Lipinski definition) is 2. The molecule has 4 nitrogen and oxygen atoms in total. The quantitative estimate of drug-likeness (QED) is 0.252. The van der Waals surface area contributed by atoms with Crippen LogP contribution in [0.25, 0.3) is 66.2 Å². The van der Waals surface area contributed by atoms with Crippen molar-refractivity contribution in [1.82, 2.24) is 19.1 Å². The van der Waals surface area contributed by atoms with Gasteiger partial charge in [-0.25, -0.2) is 9.97 Å². The Labute approximate surface area is 219 Å². The molecule has 3 aromatic heterocycles. The van der Waals surface area contributed by atoms with E-state index in [4.69, 9.17) is 9.97 Å². The maximum Gasteiger partial charge on any atom is 0.159 e. The fourth-order valence-corrected chi connectivity index (χ4v) is 5.74. The molecule has 8 rings (SSSR count). The standard InChI is InChI=1S/C34H22N4/c1-3-9-24(10-4-1)34-35-21-26(22-36-34)38-31-14-8-7-13-27(31)28-17-15-23-16-18-30-29(32(23)33(28)38)19-20-37(30)25-11-5-2-6-12-25/h1-22H. The number of rotatable bonds is 3. The topological polar surface area (TPSA) is 35.6 Å². The highest BCUT2D eigenvalue weighted by Gasteiger charge is 2.18. The number of para-hydroxylation sites is 2. The summed E-state index contributed by atoms with van der Waals surface area (Å²) in [4.78, 5) is 9.54. The number of fused-ring (bicyclic) bond motifs is 7. The first-order valence-electron chi connectivity index (χ1n) is 12.8. The van der Waals surface area contributed by atoms with Gasteiger partial charge in [0.15, 0.2) is 5.82 Å². The molecule has 8 aromatic rings. The summed E-state index contributed by atoms with van der Waals surface area (Å²) < 4.78 is 4.58. The van der Waals surface area contributed by atoms with E-state index in [2.05, 4.69) is 100 Å². The summed E-state index contributed by atoms with van der Waals surface area (Å²) in [5, 5.41) is 6.11. The Bertz CT molecular complexity index is 2100. The predicted octanol–water partition coefficient (Wildman–Crippen LogP) is 8.34. The van der Waals surface area contributed by atoms with E-state index >= 15 is 0 Å². The van der Waals surface area contributed by atoms with Crippen molar-refractivity contribution in [3.8, 4) is 22.8 Å². The fourth-order valence-electron chi connectivity index (χ4n) is 5.74. The molecule has 0 bridgehead atoms. The number of benzene rings is 5. The first-order valence-corrected chi connectivity index (χ1v) is 12.8. The minimum absolute atomic E-state index is 0.724. The van der Waals surface area contributed by atoms with Crippen molar-refractivity contribution in [2.75, 3.05) is 0 Å². The third-order valence-electron chi connectivity index (χ3n) is 7.45. The van der Waals surface area contributed by atoms with Crippen LogP contribution in [-0.2, 0) is 0 Å². The molecule has 38 heavy (non-hydrogen) atoms. The zero-order valence-electron chi connectivity index (χ0n) is 20.5. The van der Waals surface area contributed by atoms with E-state index in [1.807, 2.05) is 42.7 Å². The Hall–Kier alpha value is -5.22. The van der Waals surface area contributed by atoms with E-state index in [0.717, 1.165) is 28.3 Å². The second-order valence-electron chi connectivity index (χ2n) is 9.56. The van der Waals surface area contributed by atoms with Crippen molar-refractivity contribution in [3.05, 3.63) is 134 Å². The normalized spacial score (nSPS) is 11.7. The van der Waals surface area contributed by atoms with Gasteiger partial charge in [0.1, 0.15) is 0 Å².